The van der Waals surface area contributed by atoms with Crippen LogP contribution in [-0.4, -0.2) is 57.6 Å². The summed E-state index contributed by atoms with van der Waals surface area (Å²) < 4.78 is 5.96. The number of carbonyl (C=O) groups excluding carboxylic acids is 1. The van der Waals surface area contributed by atoms with Crippen LogP contribution in [-0.2, 0) is 0 Å². The Morgan fingerprint density at radius 2 is 1.69 bits per heavy atom. The van der Waals surface area contributed by atoms with Crippen molar-refractivity contribution < 1.29 is 9.21 Å². The van der Waals surface area contributed by atoms with Crippen molar-refractivity contribution in [2.24, 2.45) is 0 Å². The van der Waals surface area contributed by atoms with Crippen molar-refractivity contribution in [3.8, 4) is 0 Å². The molecule has 0 saturated carbocycles. The number of piperazine rings is 1. The molecule has 1 amide bonds. The zero-order chi connectivity index (χ0) is 22.5. The van der Waals surface area contributed by atoms with E-state index in [1.807, 2.05) is 20.2 Å². The topological polar surface area (TPSA) is 52.0 Å². The molecule has 32 heavy (non-hydrogen) atoms. The van der Waals surface area contributed by atoms with Crippen LogP contribution in [0.2, 0.25) is 0 Å². The quantitative estimate of drug-likeness (QED) is 0.525. The minimum absolute atomic E-state index is 0.0893. The summed E-state index contributed by atoms with van der Waals surface area (Å²) in [5.41, 5.74) is 3.62. The van der Waals surface area contributed by atoms with Gasteiger partial charge in [-0.3, -0.25) is 9.69 Å². The van der Waals surface area contributed by atoms with Crippen molar-refractivity contribution in [3.63, 3.8) is 0 Å². The van der Waals surface area contributed by atoms with Gasteiger partial charge in [-0.2, -0.15) is 0 Å². The second-order valence-corrected chi connectivity index (χ2v) is 8.96. The predicted molar refractivity (Wildman–Crippen MR) is 132 cm³/mol. The van der Waals surface area contributed by atoms with Crippen LogP contribution in [0.15, 0.2) is 75.8 Å². The summed E-state index contributed by atoms with van der Waals surface area (Å²) in [4.78, 5) is 19.6. The molecule has 0 bridgehead atoms. The Morgan fingerprint density at radius 3 is 2.28 bits per heavy atom. The number of nitrogens with one attached hydrogen (secondary N) is 1. The Bertz CT molecular complexity index is 1010. The molecular formula is C25H29BrN4O2. The lowest BCUT2D eigenvalue weighted by Gasteiger charge is -2.40. The molecular weight excluding hydrogens is 468 g/mol. The molecule has 1 aliphatic rings. The molecule has 6 nitrogen and oxygen atoms in total. The van der Waals surface area contributed by atoms with E-state index in [4.69, 9.17) is 4.42 Å². The van der Waals surface area contributed by atoms with Crippen LogP contribution in [0.5, 0.6) is 0 Å². The van der Waals surface area contributed by atoms with E-state index in [2.05, 4.69) is 84.5 Å². The highest BCUT2D eigenvalue weighted by molar-refractivity contribution is 9.10. The Hall–Kier alpha value is -2.77. The molecule has 0 radical (unpaired) electrons. The third-order valence-corrected chi connectivity index (χ3v) is 6.35. The Morgan fingerprint density at radius 1 is 1.00 bits per heavy atom. The monoisotopic (exact) mass is 496 g/mol. The first-order valence-corrected chi connectivity index (χ1v) is 11.7. The minimum atomic E-state index is -0.200. The standard InChI is InChI=1S/C25H29BrN4O2/c1-28(2)20-10-8-19(9-11-20)22(18-27-25(31)23-12-13-24(26)32-23)30-16-14-29(15-17-30)21-6-4-3-5-7-21/h3-13,22H,14-18H2,1-2H3,(H,27,31)/t22-/m1/s1. The third-order valence-electron chi connectivity index (χ3n) is 5.92. The number of benzene rings is 2. The van der Waals surface area contributed by atoms with Crippen LogP contribution in [0.3, 0.4) is 0 Å². The third kappa shape index (κ3) is 5.34. The van der Waals surface area contributed by atoms with Crippen LogP contribution < -0.4 is 15.1 Å². The van der Waals surface area contributed by atoms with Crippen LogP contribution in [0.4, 0.5) is 11.4 Å². The minimum Gasteiger partial charge on any atom is -0.444 e. The summed E-state index contributed by atoms with van der Waals surface area (Å²) in [7, 11) is 4.08. The van der Waals surface area contributed by atoms with E-state index in [0.29, 0.717) is 17.0 Å². The zero-order valence-corrected chi connectivity index (χ0v) is 20.1. The molecule has 1 aliphatic heterocycles. The lowest BCUT2D eigenvalue weighted by Crippen LogP contribution is -2.49. The SMILES string of the molecule is CN(C)c1ccc([C@@H](CNC(=O)c2ccc(Br)o2)N2CCN(c3ccccc3)CC2)cc1. The largest absolute Gasteiger partial charge is 0.444 e. The van der Waals surface area contributed by atoms with Gasteiger partial charge in [0.2, 0.25) is 0 Å². The van der Waals surface area contributed by atoms with Crippen LogP contribution in [0, 0.1) is 0 Å². The fourth-order valence-electron chi connectivity index (χ4n) is 4.10. The molecule has 1 aromatic heterocycles. The van der Waals surface area contributed by atoms with Crippen LogP contribution in [0.1, 0.15) is 22.2 Å². The molecule has 1 atom stereocenters. The summed E-state index contributed by atoms with van der Waals surface area (Å²) in [6.07, 6.45) is 0. The van der Waals surface area contributed by atoms with E-state index in [9.17, 15) is 4.79 Å². The van der Waals surface area contributed by atoms with Crippen molar-refractivity contribution in [2.45, 2.75) is 6.04 Å². The number of hydrogen-bond acceptors (Lipinski definition) is 5. The van der Waals surface area contributed by atoms with E-state index in [0.717, 1.165) is 31.9 Å². The van der Waals surface area contributed by atoms with Gasteiger partial charge in [0.15, 0.2) is 10.4 Å². The van der Waals surface area contributed by atoms with Gasteiger partial charge in [-0.1, -0.05) is 30.3 Å². The van der Waals surface area contributed by atoms with Crippen molar-refractivity contribution in [1.29, 1.82) is 0 Å². The number of nitrogens with zero attached hydrogens (tertiary/aromatic N) is 3. The number of hydrogen-bond donors (Lipinski definition) is 1. The normalized spacial score (nSPS) is 15.4. The predicted octanol–water partition coefficient (Wildman–Crippen LogP) is 4.40. The molecule has 1 N–H and O–H groups in total. The number of carbonyl (C=O) groups is 1. The van der Waals surface area contributed by atoms with Crippen LogP contribution >= 0.6 is 15.9 Å². The van der Waals surface area contributed by atoms with E-state index in [1.54, 1.807) is 12.1 Å². The molecule has 1 fully saturated rings. The average Bonchev–Trinajstić information content (AvgIpc) is 3.27. The first kappa shape index (κ1) is 22.4. The van der Waals surface area contributed by atoms with Gasteiger partial charge in [0.05, 0.1) is 6.04 Å². The highest BCUT2D eigenvalue weighted by Crippen LogP contribution is 2.26. The van der Waals surface area contributed by atoms with Gasteiger partial charge in [0.25, 0.3) is 5.91 Å². The maximum Gasteiger partial charge on any atom is 0.287 e. The number of halogens is 1. The highest BCUT2D eigenvalue weighted by Gasteiger charge is 2.26. The number of amides is 1. The maximum absolute atomic E-state index is 12.6. The summed E-state index contributed by atoms with van der Waals surface area (Å²) in [5.74, 6) is 0.112. The molecule has 3 aromatic rings. The van der Waals surface area contributed by atoms with Gasteiger partial charge in [-0.15, -0.1) is 0 Å². The van der Waals surface area contributed by atoms with Gasteiger partial charge in [0, 0.05) is 58.2 Å². The molecule has 4 rings (SSSR count). The van der Waals surface area contributed by atoms with Crippen molar-refractivity contribution in [2.75, 3.05) is 56.6 Å². The fraction of sp³-hybridized carbons (Fsp3) is 0.320. The fourth-order valence-corrected chi connectivity index (χ4v) is 4.40. The second-order valence-electron chi connectivity index (χ2n) is 8.17. The Labute approximate surface area is 197 Å². The molecule has 1 saturated heterocycles. The number of para-hydroxylation sites is 1. The first-order valence-electron chi connectivity index (χ1n) is 10.9. The zero-order valence-electron chi connectivity index (χ0n) is 18.5. The van der Waals surface area contributed by atoms with Gasteiger partial charge in [-0.05, 0) is 57.9 Å². The molecule has 168 valence electrons. The number of anilines is 2. The number of rotatable bonds is 7. The molecule has 0 aliphatic carbocycles. The molecule has 2 heterocycles. The van der Waals surface area contributed by atoms with E-state index in [1.165, 1.54) is 11.3 Å². The maximum atomic E-state index is 12.6. The lowest BCUT2D eigenvalue weighted by atomic mass is 10.0. The summed E-state index contributed by atoms with van der Waals surface area (Å²) in [6, 6.07) is 22.6. The number of furan rings is 1. The van der Waals surface area contributed by atoms with Crippen molar-refractivity contribution >= 4 is 33.2 Å². The molecule has 0 spiro atoms. The first-order chi connectivity index (χ1) is 15.5. The van der Waals surface area contributed by atoms with Crippen LogP contribution in [0.25, 0.3) is 0 Å². The summed E-state index contributed by atoms with van der Waals surface area (Å²) in [6.45, 7) is 4.28. The van der Waals surface area contributed by atoms with E-state index >= 15 is 0 Å². The molecule has 7 heteroatoms. The van der Waals surface area contributed by atoms with Crippen molar-refractivity contribution in [3.05, 3.63) is 82.7 Å². The average molecular weight is 497 g/mol. The molecule has 0 unspecified atom stereocenters. The second kappa shape index (κ2) is 10.2. The summed E-state index contributed by atoms with van der Waals surface area (Å²) >= 11 is 3.26. The Balaban J connectivity index is 1.47. The highest BCUT2D eigenvalue weighted by atomic mass is 79.9. The van der Waals surface area contributed by atoms with Gasteiger partial charge in [0.1, 0.15) is 0 Å². The smallest absolute Gasteiger partial charge is 0.287 e. The van der Waals surface area contributed by atoms with E-state index < -0.39 is 0 Å². The van der Waals surface area contributed by atoms with Crippen molar-refractivity contribution in [1.82, 2.24) is 10.2 Å². The van der Waals surface area contributed by atoms with Gasteiger partial charge < -0.3 is 19.5 Å². The lowest BCUT2D eigenvalue weighted by molar-refractivity contribution is 0.0901. The van der Waals surface area contributed by atoms with E-state index in [-0.39, 0.29) is 11.9 Å². The Kier molecular flexibility index (Phi) is 7.17. The molecule has 2 aromatic carbocycles. The summed E-state index contributed by atoms with van der Waals surface area (Å²) in [5, 5.41) is 3.07. The van der Waals surface area contributed by atoms with Gasteiger partial charge >= 0.3 is 0 Å². The van der Waals surface area contributed by atoms with Gasteiger partial charge in [-0.25, -0.2) is 0 Å².